The minimum absolute atomic E-state index is 0.390. The van der Waals surface area contributed by atoms with Gasteiger partial charge in [0.25, 0.3) is 0 Å². The molecule has 104 valence electrons. The number of aryl methyl sites for hydroxylation is 2. The summed E-state index contributed by atoms with van der Waals surface area (Å²) in [6.07, 6.45) is 2.19. The van der Waals surface area contributed by atoms with Crippen LogP contribution in [0.1, 0.15) is 30.9 Å². The van der Waals surface area contributed by atoms with Crippen molar-refractivity contribution in [1.82, 2.24) is 5.32 Å². The van der Waals surface area contributed by atoms with E-state index in [1.807, 2.05) is 0 Å². The number of hydrogen-bond donors (Lipinski definition) is 2. The molecule has 0 heterocycles. The fourth-order valence-electron chi connectivity index (χ4n) is 1.87. The lowest BCUT2D eigenvalue weighted by atomic mass is 10.1. The molecule has 1 aromatic rings. The van der Waals surface area contributed by atoms with E-state index in [0.717, 1.165) is 17.7 Å². The van der Waals surface area contributed by atoms with Crippen LogP contribution in [-0.4, -0.2) is 28.4 Å². The van der Waals surface area contributed by atoms with Gasteiger partial charge in [0.15, 0.2) is 0 Å². The van der Waals surface area contributed by atoms with Crippen LogP contribution in [0, 0.1) is 13.8 Å². The summed E-state index contributed by atoms with van der Waals surface area (Å²) in [5.74, 6) is -0.225. The second kappa shape index (κ2) is 5.55. The first-order chi connectivity index (χ1) is 8.90. The molecule has 0 aromatic heterocycles. The number of thioether (sulfide) groups is 1. The SMILES string of the molecule is Cc1ccc(SCC(C)(NC2CC2)C(=O)O)cc1C. The quantitative estimate of drug-likeness (QED) is 0.786. The molecular formula is C15H21NO2S. The van der Waals surface area contributed by atoms with E-state index in [0.29, 0.717) is 11.8 Å². The van der Waals surface area contributed by atoms with E-state index in [9.17, 15) is 9.90 Å². The van der Waals surface area contributed by atoms with E-state index >= 15 is 0 Å². The first-order valence-electron chi connectivity index (χ1n) is 6.62. The molecular weight excluding hydrogens is 258 g/mol. The molecule has 1 aromatic carbocycles. The van der Waals surface area contributed by atoms with Gasteiger partial charge in [0.1, 0.15) is 5.54 Å². The summed E-state index contributed by atoms with van der Waals surface area (Å²) in [7, 11) is 0. The average Bonchev–Trinajstić information content (AvgIpc) is 3.14. The Bertz CT molecular complexity index is 485. The summed E-state index contributed by atoms with van der Waals surface area (Å²) >= 11 is 1.60. The number of aliphatic carboxylic acids is 1. The maximum absolute atomic E-state index is 11.5. The Balaban J connectivity index is 2.01. The fraction of sp³-hybridized carbons (Fsp3) is 0.533. The smallest absolute Gasteiger partial charge is 0.324 e. The highest BCUT2D eigenvalue weighted by molar-refractivity contribution is 7.99. The van der Waals surface area contributed by atoms with Crippen molar-refractivity contribution < 1.29 is 9.90 Å². The van der Waals surface area contributed by atoms with Crippen LogP contribution in [0.4, 0.5) is 0 Å². The van der Waals surface area contributed by atoms with Crippen molar-refractivity contribution in [2.75, 3.05) is 5.75 Å². The number of benzene rings is 1. The van der Waals surface area contributed by atoms with Crippen molar-refractivity contribution in [3.63, 3.8) is 0 Å². The van der Waals surface area contributed by atoms with Crippen LogP contribution in [-0.2, 0) is 4.79 Å². The minimum atomic E-state index is -0.843. The molecule has 0 bridgehead atoms. The van der Waals surface area contributed by atoms with Crippen molar-refractivity contribution >= 4 is 17.7 Å². The van der Waals surface area contributed by atoms with Crippen LogP contribution < -0.4 is 5.32 Å². The van der Waals surface area contributed by atoms with Crippen LogP contribution in [0.15, 0.2) is 23.1 Å². The van der Waals surface area contributed by atoms with Gasteiger partial charge in [0, 0.05) is 16.7 Å². The molecule has 2 rings (SSSR count). The number of hydrogen-bond acceptors (Lipinski definition) is 3. The number of nitrogens with one attached hydrogen (secondary N) is 1. The summed E-state index contributed by atoms with van der Waals surface area (Å²) < 4.78 is 0. The van der Waals surface area contributed by atoms with Gasteiger partial charge < -0.3 is 5.11 Å². The third-order valence-corrected chi connectivity index (χ3v) is 4.89. The number of carbonyl (C=O) groups is 1. The van der Waals surface area contributed by atoms with Gasteiger partial charge in [-0.05, 0) is 56.9 Å². The van der Waals surface area contributed by atoms with Gasteiger partial charge in [-0.1, -0.05) is 6.07 Å². The molecule has 0 aliphatic heterocycles. The summed E-state index contributed by atoms with van der Waals surface area (Å²) in [5, 5.41) is 12.7. The number of rotatable bonds is 6. The molecule has 0 spiro atoms. The second-order valence-electron chi connectivity index (χ2n) is 5.59. The zero-order chi connectivity index (χ0) is 14.0. The van der Waals surface area contributed by atoms with E-state index in [1.165, 1.54) is 11.1 Å². The zero-order valence-electron chi connectivity index (χ0n) is 11.7. The van der Waals surface area contributed by atoms with Gasteiger partial charge in [-0.15, -0.1) is 11.8 Å². The van der Waals surface area contributed by atoms with E-state index in [1.54, 1.807) is 18.7 Å². The molecule has 1 fully saturated rings. The number of carboxylic acid groups (broad SMARTS) is 1. The molecule has 1 aliphatic carbocycles. The van der Waals surface area contributed by atoms with Crippen molar-refractivity contribution in [2.24, 2.45) is 0 Å². The van der Waals surface area contributed by atoms with E-state index in [4.69, 9.17) is 0 Å². The molecule has 0 saturated heterocycles. The summed E-state index contributed by atoms with van der Waals surface area (Å²) in [5.41, 5.74) is 1.67. The molecule has 3 nitrogen and oxygen atoms in total. The predicted molar refractivity (Wildman–Crippen MR) is 78.8 cm³/mol. The maximum Gasteiger partial charge on any atom is 0.324 e. The van der Waals surface area contributed by atoms with Gasteiger partial charge in [-0.25, -0.2) is 0 Å². The predicted octanol–water partition coefficient (Wildman–Crippen LogP) is 2.99. The molecule has 1 unspecified atom stereocenters. The van der Waals surface area contributed by atoms with Gasteiger partial charge in [-0.2, -0.15) is 0 Å². The van der Waals surface area contributed by atoms with Crippen LogP contribution >= 0.6 is 11.8 Å². The molecule has 4 heteroatoms. The Morgan fingerprint density at radius 1 is 1.42 bits per heavy atom. The lowest BCUT2D eigenvalue weighted by molar-refractivity contribution is -0.143. The second-order valence-corrected chi connectivity index (χ2v) is 6.64. The zero-order valence-corrected chi connectivity index (χ0v) is 12.5. The van der Waals surface area contributed by atoms with E-state index < -0.39 is 11.5 Å². The molecule has 2 N–H and O–H groups in total. The first kappa shape index (κ1) is 14.4. The van der Waals surface area contributed by atoms with Crippen molar-refractivity contribution in [3.8, 4) is 0 Å². The van der Waals surface area contributed by atoms with Crippen molar-refractivity contribution in [3.05, 3.63) is 29.3 Å². The monoisotopic (exact) mass is 279 g/mol. The van der Waals surface area contributed by atoms with Crippen LogP contribution in [0.5, 0.6) is 0 Å². The van der Waals surface area contributed by atoms with Crippen molar-refractivity contribution in [1.29, 1.82) is 0 Å². The summed E-state index contributed by atoms with van der Waals surface area (Å²) in [4.78, 5) is 12.6. The highest BCUT2D eigenvalue weighted by Crippen LogP contribution is 2.28. The lowest BCUT2D eigenvalue weighted by Gasteiger charge is -2.26. The highest BCUT2D eigenvalue weighted by Gasteiger charge is 2.38. The van der Waals surface area contributed by atoms with Crippen LogP contribution in [0.3, 0.4) is 0 Å². The van der Waals surface area contributed by atoms with Crippen molar-refractivity contribution in [2.45, 2.75) is 50.1 Å². The van der Waals surface area contributed by atoms with E-state index in [-0.39, 0.29) is 0 Å². The van der Waals surface area contributed by atoms with Gasteiger partial charge in [-0.3, -0.25) is 10.1 Å². The highest BCUT2D eigenvalue weighted by atomic mass is 32.2. The Hall–Kier alpha value is -1.00. The Kier molecular flexibility index (Phi) is 4.21. The van der Waals surface area contributed by atoms with Crippen LogP contribution in [0.2, 0.25) is 0 Å². The standard InChI is InChI=1S/C15H21NO2S/c1-10-4-7-13(8-11(10)2)19-9-15(3,14(17)18)16-12-5-6-12/h4,7-8,12,16H,5-6,9H2,1-3H3,(H,17,18). The number of carboxylic acids is 1. The topological polar surface area (TPSA) is 49.3 Å². The molecule has 0 amide bonds. The average molecular weight is 279 g/mol. The first-order valence-corrected chi connectivity index (χ1v) is 7.60. The Morgan fingerprint density at radius 3 is 2.63 bits per heavy atom. The molecule has 0 radical (unpaired) electrons. The third-order valence-electron chi connectivity index (χ3n) is 3.58. The Labute approximate surface area is 118 Å². The third kappa shape index (κ3) is 3.74. The fourth-order valence-corrected chi connectivity index (χ4v) is 2.96. The molecule has 1 atom stereocenters. The molecule has 1 saturated carbocycles. The lowest BCUT2D eigenvalue weighted by Crippen LogP contribution is -2.52. The van der Waals surface area contributed by atoms with E-state index in [2.05, 4.69) is 37.4 Å². The Morgan fingerprint density at radius 2 is 2.11 bits per heavy atom. The van der Waals surface area contributed by atoms with Gasteiger partial charge in [0.05, 0.1) is 0 Å². The summed E-state index contributed by atoms with van der Waals surface area (Å²) in [6, 6.07) is 6.66. The maximum atomic E-state index is 11.5. The normalized spacial score (nSPS) is 18.1. The van der Waals surface area contributed by atoms with Gasteiger partial charge in [0.2, 0.25) is 0 Å². The minimum Gasteiger partial charge on any atom is -0.480 e. The summed E-state index contributed by atoms with van der Waals surface area (Å²) in [6.45, 7) is 5.94. The van der Waals surface area contributed by atoms with Gasteiger partial charge >= 0.3 is 5.97 Å². The molecule has 19 heavy (non-hydrogen) atoms. The largest absolute Gasteiger partial charge is 0.480 e. The van der Waals surface area contributed by atoms with Crippen LogP contribution in [0.25, 0.3) is 0 Å². The molecule has 1 aliphatic rings.